The van der Waals surface area contributed by atoms with E-state index in [2.05, 4.69) is 17.1 Å². The predicted octanol–water partition coefficient (Wildman–Crippen LogP) is 3.67. The van der Waals surface area contributed by atoms with Gasteiger partial charge in [-0.1, -0.05) is 32.6 Å². The summed E-state index contributed by atoms with van der Waals surface area (Å²) in [4.78, 5) is 2.79. The van der Waals surface area contributed by atoms with Crippen LogP contribution in [0.5, 0.6) is 0 Å². The number of likely N-dealkylation sites (tertiary alicyclic amines) is 1. The van der Waals surface area contributed by atoms with Crippen LogP contribution in [-0.2, 0) is 0 Å². The number of hydrogen-bond acceptors (Lipinski definition) is 2. The molecule has 1 aliphatic heterocycles. The smallest absolute Gasteiger partial charge is 0.0198 e. The molecule has 2 heteroatoms. The molecule has 0 bridgehead atoms. The molecular weight excluding hydrogens is 244 g/mol. The van der Waals surface area contributed by atoms with Crippen molar-refractivity contribution in [2.45, 2.75) is 70.8 Å². The van der Waals surface area contributed by atoms with Crippen molar-refractivity contribution in [3.8, 4) is 0 Å². The lowest BCUT2D eigenvalue weighted by Crippen LogP contribution is -2.51. The third kappa shape index (κ3) is 3.98. The van der Waals surface area contributed by atoms with E-state index in [9.17, 15) is 0 Å². The minimum Gasteiger partial charge on any atom is -0.312 e. The Bertz CT molecular complexity index is 279. The second kappa shape index (κ2) is 7.26. The lowest BCUT2D eigenvalue weighted by Gasteiger charge is -2.41. The van der Waals surface area contributed by atoms with Crippen molar-refractivity contribution in [1.82, 2.24) is 10.2 Å². The molecule has 116 valence electrons. The summed E-state index contributed by atoms with van der Waals surface area (Å²) in [5, 5.41) is 3.93. The highest BCUT2D eigenvalue weighted by Crippen LogP contribution is 2.30. The van der Waals surface area contributed by atoms with Crippen molar-refractivity contribution in [1.29, 1.82) is 0 Å². The average molecular weight is 278 g/mol. The van der Waals surface area contributed by atoms with E-state index in [4.69, 9.17) is 0 Å². The lowest BCUT2D eigenvalue weighted by molar-refractivity contribution is 0.0990. The molecule has 0 aromatic rings. The second-order valence-electron chi connectivity index (χ2n) is 7.78. The first-order valence-electron chi connectivity index (χ1n) is 9.29. The van der Waals surface area contributed by atoms with Gasteiger partial charge in [-0.2, -0.15) is 0 Å². The average Bonchev–Trinajstić information content (AvgIpc) is 2.94. The molecule has 1 heterocycles. The van der Waals surface area contributed by atoms with Crippen molar-refractivity contribution in [3.05, 3.63) is 0 Å². The Labute approximate surface area is 125 Å². The third-order valence-electron chi connectivity index (χ3n) is 6.10. The van der Waals surface area contributed by atoms with Crippen LogP contribution in [0, 0.1) is 17.8 Å². The molecule has 0 spiro atoms. The van der Waals surface area contributed by atoms with Crippen LogP contribution in [0.4, 0.5) is 0 Å². The van der Waals surface area contributed by atoms with Gasteiger partial charge in [-0.3, -0.25) is 0 Å². The van der Waals surface area contributed by atoms with Crippen molar-refractivity contribution >= 4 is 0 Å². The van der Waals surface area contributed by atoms with Gasteiger partial charge in [0.1, 0.15) is 0 Å². The first-order chi connectivity index (χ1) is 9.83. The van der Waals surface area contributed by atoms with Gasteiger partial charge in [0.05, 0.1) is 0 Å². The van der Waals surface area contributed by atoms with Crippen LogP contribution in [0.15, 0.2) is 0 Å². The maximum absolute atomic E-state index is 3.93. The number of hydrogen-bond donors (Lipinski definition) is 1. The molecule has 3 aliphatic rings. The lowest BCUT2D eigenvalue weighted by atomic mass is 9.83. The van der Waals surface area contributed by atoms with E-state index in [0.29, 0.717) is 0 Å². The summed E-state index contributed by atoms with van der Waals surface area (Å²) in [5.74, 6) is 2.95. The van der Waals surface area contributed by atoms with Gasteiger partial charge in [-0.25, -0.2) is 0 Å². The monoisotopic (exact) mass is 278 g/mol. The Morgan fingerprint density at radius 1 is 0.900 bits per heavy atom. The van der Waals surface area contributed by atoms with Crippen molar-refractivity contribution < 1.29 is 0 Å². The minimum absolute atomic E-state index is 0.773. The van der Waals surface area contributed by atoms with Gasteiger partial charge in [-0.05, 0) is 56.4 Å². The molecule has 0 amide bonds. The highest BCUT2D eigenvalue weighted by atomic mass is 15.2. The summed E-state index contributed by atoms with van der Waals surface area (Å²) in [6.45, 7) is 7.75. The standard InChI is InChI=1S/C18H34N2/c1-2-15-10-18(19-11-16-6-3-4-7-16)14-20(12-15)13-17-8-5-9-17/h15-19H,2-14H2,1H3. The quantitative estimate of drug-likeness (QED) is 0.797. The highest BCUT2D eigenvalue weighted by molar-refractivity contribution is 4.86. The van der Waals surface area contributed by atoms with Crippen LogP contribution < -0.4 is 5.32 Å². The summed E-state index contributed by atoms with van der Waals surface area (Å²) in [6.07, 6.45) is 13.2. The molecule has 0 aromatic carbocycles. The molecule has 1 N–H and O–H groups in total. The number of nitrogens with zero attached hydrogens (tertiary/aromatic N) is 1. The van der Waals surface area contributed by atoms with E-state index in [1.165, 1.54) is 84.0 Å². The Morgan fingerprint density at radius 2 is 1.65 bits per heavy atom. The van der Waals surface area contributed by atoms with Gasteiger partial charge in [-0.15, -0.1) is 0 Å². The first-order valence-corrected chi connectivity index (χ1v) is 9.29. The summed E-state index contributed by atoms with van der Waals surface area (Å²) >= 11 is 0. The summed E-state index contributed by atoms with van der Waals surface area (Å²) in [6, 6.07) is 0.773. The molecule has 2 saturated carbocycles. The van der Waals surface area contributed by atoms with Crippen LogP contribution in [0.25, 0.3) is 0 Å². The zero-order chi connectivity index (χ0) is 13.8. The normalized spacial score (nSPS) is 33.5. The Balaban J connectivity index is 1.44. The minimum atomic E-state index is 0.773. The van der Waals surface area contributed by atoms with Crippen molar-refractivity contribution in [2.75, 3.05) is 26.2 Å². The fourth-order valence-electron chi connectivity index (χ4n) is 4.48. The van der Waals surface area contributed by atoms with E-state index in [-0.39, 0.29) is 0 Å². The zero-order valence-electron chi connectivity index (χ0n) is 13.4. The van der Waals surface area contributed by atoms with Crippen molar-refractivity contribution in [3.63, 3.8) is 0 Å². The number of piperidine rings is 1. The molecule has 0 aromatic heterocycles. The molecule has 2 atom stereocenters. The van der Waals surface area contributed by atoms with E-state index in [0.717, 1.165) is 23.8 Å². The topological polar surface area (TPSA) is 15.3 Å². The molecular formula is C18H34N2. The van der Waals surface area contributed by atoms with Gasteiger partial charge in [0, 0.05) is 25.7 Å². The molecule has 20 heavy (non-hydrogen) atoms. The van der Waals surface area contributed by atoms with Crippen LogP contribution in [-0.4, -0.2) is 37.1 Å². The zero-order valence-corrected chi connectivity index (χ0v) is 13.4. The molecule has 3 rings (SSSR count). The molecule has 2 unspecified atom stereocenters. The molecule has 0 radical (unpaired) electrons. The maximum Gasteiger partial charge on any atom is 0.0198 e. The molecule has 3 fully saturated rings. The summed E-state index contributed by atoms with van der Waals surface area (Å²) in [7, 11) is 0. The van der Waals surface area contributed by atoms with E-state index in [1.54, 1.807) is 0 Å². The third-order valence-corrected chi connectivity index (χ3v) is 6.10. The van der Waals surface area contributed by atoms with Crippen molar-refractivity contribution in [2.24, 2.45) is 17.8 Å². The van der Waals surface area contributed by atoms with Gasteiger partial charge >= 0.3 is 0 Å². The summed E-state index contributed by atoms with van der Waals surface area (Å²) < 4.78 is 0. The number of rotatable bonds is 6. The maximum atomic E-state index is 3.93. The highest BCUT2D eigenvalue weighted by Gasteiger charge is 2.29. The van der Waals surface area contributed by atoms with Gasteiger partial charge in [0.15, 0.2) is 0 Å². The predicted molar refractivity (Wildman–Crippen MR) is 85.9 cm³/mol. The summed E-state index contributed by atoms with van der Waals surface area (Å²) in [5.41, 5.74) is 0. The number of nitrogens with one attached hydrogen (secondary N) is 1. The largest absolute Gasteiger partial charge is 0.312 e. The Hall–Kier alpha value is -0.0800. The molecule has 2 aliphatic carbocycles. The van der Waals surface area contributed by atoms with E-state index in [1.807, 2.05) is 0 Å². The van der Waals surface area contributed by atoms with Gasteiger partial charge in [0.25, 0.3) is 0 Å². The fraction of sp³-hybridized carbons (Fsp3) is 1.00. The SMILES string of the molecule is CCC1CC(NCC2CCCC2)CN(CC2CCC2)C1. The van der Waals surface area contributed by atoms with Crippen LogP contribution in [0.2, 0.25) is 0 Å². The van der Waals surface area contributed by atoms with Gasteiger partial charge in [0.2, 0.25) is 0 Å². The van der Waals surface area contributed by atoms with Crippen LogP contribution in [0.3, 0.4) is 0 Å². The molecule has 2 nitrogen and oxygen atoms in total. The van der Waals surface area contributed by atoms with Crippen LogP contribution in [0.1, 0.15) is 64.7 Å². The van der Waals surface area contributed by atoms with E-state index >= 15 is 0 Å². The Kier molecular flexibility index (Phi) is 5.39. The Morgan fingerprint density at radius 3 is 2.30 bits per heavy atom. The van der Waals surface area contributed by atoms with Gasteiger partial charge < -0.3 is 10.2 Å². The second-order valence-corrected chi connectivity index (χ2v) is 7.78. The first kappa shape index (κ1) is 14.8. The fourth-order valence-corrected chi connectivity index (χ4v) is 4.48. The van der Waals surface area contributed by atoms with Crippen LogP contribution >= 0.6 is 0 Å². The molecule has 1 saturated heterocycles. The van der Waals surface area contributed by atoms with E-state index < -0.39 is 0 Å².